The van der Waals surface area contributed by atoms with Crippen molar-refractivity contribution in [2.45, 2.75) is 13.3 Å². The van der Waals surface area contributed by atoms with E-state index in [-0.39, 0.29) is 12.3 Å². The fourth-order valence-electron chi connectivity index (χ4n) is 3.99. The molecule has 4 aromatic rings. The zero-order chi connectivity index (χ0) is 23.3. The molecule has 0 aliphatic carbocycles. The molecular formula is C27H26N4O3. The van der Waals surface area contributed by atoms with E-state index in [4.69, 9.17) is 14.5 Å². The molecule has 0 saturated carbocycles. The summed E-state index contributed by atoms with van der Waals surface area (Å²) in [4.78, 5) is 24.2. The molecule has 3 aromatic carbocycles. The Hall–Kier alpha value is -3.97. The smallest absolute Gasteiger partial charge is 0.231 e. The summed E-state index contributed by atoms with van der Waals surface area (Å²) in [5, 5.41) is 3.74. The molecule has 5 rings (SSSR count). The number of aromatic nitrogens is 2. The Balaban J connectivity index is 1.46. The highest BCUT2D eigenvalue weighted by atomic mass is 16.5. The fraction of sp³-hybridized carbons (Fsp3) is 0.222. The number of benzene rings is 3. The van der Waals surface area contributed by atoms with Gasteiger partial charge in [-0.1, -0.05) is 42.5 Å². The summed E-state index contributed by atoms with van der Waals surface area (Å²) in [6.07, 6.45) is 0.262. The van der Waals surface area contributed by atoms with Gasteiger partial charge in [0.25, 0.3) is 0 Å². The van der Waals surface area contributed by atoms with Gasteiger partial charge in [-0.25, -0.2) is 4.98 Å². The van der Waals surface area contributed by atoms with Gasteiger partial charge in [-0.15, -0.1) is 0 Å². The highest BCUT2D eigenvalue weighted by molar-refractivity contribution is 5.95. The third-order valence-electron chi connectivity index (χ3n) is 5.64. The maximum atomic E-state index is 12.6. The van der Waals surface area contributed by atoms with Crippen molar-refractivity contribution in [3.63, 3.8) is 0 Å². The van der Waals surface area contributed by atoms with E-state index in [1.165, 1.54) is 0 Å². The first-order valence-electron chi connectivity index (χ1n) is 11.4. The third-order valence-corrected chi connectivity index (χ3v) is 5.64. The molecule has 1 fully saturated rings. The third kappa shape index (κ3) is 5.15. The Bertz CT molecular complexity index is 1300. The lowest BCUT2D eigenvalue weighted by Gasteiger charge is -2.29. The lowest BCUT2D eigenvalue weighted by Crippen LogP contribution is -2.37. The molecule has 0 bridgehead atoms. The van der Waals surface area contributed by atoms with Crippen LogP contribution in [0.1, 0.15) is 11.1 Å². The summed E-state index contributed by atoms with van der Waals surface area (Å²) in [6, 6.07) is 23.3. The number of hydrogen-bond acceptors (Lipinski definition) is 6. The van der Waals surface area contributed by atoms with E-state index < -0.39 is 0 Å². The Morgan fingerprint density at radius 2 is 1.76 bits per heavy atom. The van der Waals surface area contributed by atoms with Crippen LogP contribution in [0.5, 0.6) is 11.5 Å². The molecule has 0 radical (unpaired) electrons. The van der Waals surface area contributed by atoms with Crippen molar-refractivity contribution < 1.29 is 14.3 Å². The predicted molar refractivity (Wildman–Crippen MR) is 133 cm³/mol. The van der Waals surface area contributed by atoms with E-state index in [9.17, 15) is 4.79 Å². The van der Waals surface area contributed by atoms with Gasteiger partial charge >= 0.3 is 0 Å². The molecule has 0 spiro atoms. The zero-order valence-corrected chi connectivity index (χ0v) is 19.0. The van der Waals surface area contributed by atoms with Crippen molar-refractivity contribution in [3.8, 4) is 11.5 Å². The number of aryl methyl sites for hydroxylation is 1. The molecule has 1 aliphatic heterocycles. The molecule has 2 heterocycles. The summed E-state index contributed by atoms with van der Waals surface area (Å²) >= 11 is 0. The predicted octanol–water partition coefficient (Wildman–Crippen LogP) is 4.75. The molecule has 1 aromatic heterocycles. The van der Waals surface area contributed by atoms with Crippen LogP contribution in [-0.4, -0.2) is 42.2 Å². The number of rotatable bonds is 6. The molecule has 1 saturated heterocycles. The van der Waals surface area contributed by atoms with E-state index in [1.807, 2.05) is 79.7 Å². The van der Waals surface area contributed by atoms with Crippen LogP contribution in [0.15, 0.2) is 72.8 Å². The number of fused-ring (bicyclic) bond motifs is 1. The van der Waals surface area contributed by atoms with E-state index in [1.54, 1.807) is 0 Å². The van der Waals surface area contributed by atoms with Crippen LogP contribution in [0.25, 0.3) is 10.9 Å². The van der Waals surface area contributed by atoms with Crippen LogP contribution in [0.2, 0.25) is 0 Å². The van der Waals surface area contributed by atoms with E-state index in [0.29, 0.717) is 38.0 Å². The normalized spacial score (nSPS) is 13.6. The number of carbonyl (C=O) groups excluding carboxylic acids is 1. The summed E-state index contributed by atoms with van der Waals surface area (Å²) in [6.45, 7) is 4.71. The summed E-state index contributed by atoms with van der Waals surface area (Å²) < 4.78 is 11.6. The Labute approximate surface area is 198 Å². The van der Waals surface area contributed by atoms with Crippen LogP contribution >= 0.6 is 0 Å². The van der Waals surface area contributed by atoms with Crippen LogP contribution in [0.4, 0.5) is 11.8 Å². The van der Waals surface area contributed by atoms with Crippen molar-refractivity contribution in [1.82, 2.24) is 9.97 Å². The minimum Gasteiger partial charge on any atom is -0.457 e. The van der Waals surface area contributed by atoms with Gasteiger partial charge in [0, 0.05) is 18.5 Å². The van der Waals surface area contributed by atoms with Gasteiger partial charge in [0.1, 0.15) is 17.3 Å². The SMILES string of the molecule is Cc1cccc(Oc2ccc3nc(NC(=O)Cc4ccccc4)nc(N4CCOCC4)c3c2)c1. The molecule has 1 N–H and O–H groups in total. The zero-order valence-electron chi connectivity index (χ0n) is 19.0. The minimum absolute atomic E-state index is 0.155. The van der Waals surface area contributed by atoms with Gasteiger partial charge in [-0.3, -0.25) is 10.1 Å². The van der Waals surface area contributed by atoms with E-state index >= 15 is 0 Å². The second-order valence-electron chi connectivity index (χ2n) is 8.28. The first-order valence-corrected chi connectivity index (χ1v) is 11.4. The molecule has 0 atom stereocenters. The second kappa shape index (κ2) is 9.89. The van der Waals surface area contributed by atoms with Crippen molar-refractivity contribution in [3.05, 3.63) is 83.9 Å². The first kappa shape index (κ1) is 21.9. The van der Waals surface area contributed by atoms with Gasteiger partial charge < -0.3 is 14.4 Å². The van der Waals surface area contributed by atoms with Gasteiger partial charge in [0.2, 0.25) is 11.9 Å². The van der Waals surface area contributed by atoms with Gasteiger partial charge in [-0.05, 0) is 48.4 Å². The topological polar surface area (TPSA) is 76.6 Å². The fourth-order valence-corrected chi connectivity index (χ4v) is 3.99. The van der Waals surface area contributed by atoms with E-state index in [0.717, 1.165) is 33.6 Å². The molecule has 7 nitrogen and oxygen atoms in total. The van der Waals surface area contributed by atoms with Crippen LogP contribution < -0.4 is 15.0 Å². The number of carbonyl (C=O) groups is 1. The molecule has 172 valence electrons. The largest absolute Gasteiger partial charge is 0.457 e. The Morgan fingerprint density at radius 3 is 2.56 bits per heavy atom. The summed E-state index contributed by atoms with van der Waals surface area (Å²) in [5.74, 6) is 2.38. The number of morpholine rings is 1. The molecule has 0 unspecified atom stereocenters. The number of hydrogen-bond donors (Lipinski definition) is 1. The van der Waals surface area contributed by atoms with Gasteiger partial charge in [0.15, 0.2) is 0 Å². The molecular weight excluding hydrogens is 428 g/mol. The van der Waals surface area contributed by atoms with Crippen molar-refractivity contribution >= 4 is 28.6 Å². The van der Waals surface area contributed by atoms with Crippen molar-refractivity contribution in [1.29, 1.82) is 0 Å². The molecule has 1 amide bonds. The Kier molecular flexibility index (Phi) is 6.35. The quantitative estimate of drug-likeness (QED) is 0.453. The number of nitrogens with one attached hydrogen (secondary N) is 1. The summed E-state index contributed by atoms with van der Waals surface area (Å²) in [7, 11) is 0. The van der Waals surface area contributed by atoms with Gasteiger partial charge in [0.05, 0.1) is 25.2 Å². The first-order chi connectivity index (χ1) is 16.6. The highest BCUT2D eigenvalue weighted by Gasteiger charge is 2.19. The van der Waals surface area contributed by atoms with Crippen molar-refractivity contribution in [2.75, 3.05) is 36.5 Å². The monoisotopic (exact) mass is 454 g/mol. The number of ether oxygens (including phenoxy) is 2. The maximum absolute atomic E-state index is 12.6. The van der Waals surface area contributed by atoms with Crippen LogP contribution in [-0.2, 0) is 16.0 Å². The average Bonchev–Trinajstić information content (AvgIpc) is 2.85. The molecule has 1 aliphatic rings. The lowest BCUT2D eigenvalue weighted by atomic mass is 10.1. The lowest BCUT2D eigenvalue weighted by molar-refractivity contribution is -0.115. The second-order valence-corrected chi connectivity index (χ2v) is 8.28. The number of anilines is 2. The standard InChI is InChI=1S/C27H26N4O3/c1-19-6-5-9-21(16-19)34-22-10-11-24-23(18-22)26(31-12-14-33-15-13-31)30-27(28-24)29-25(32)17-20-7-3-2-4-8-20/h2-11,16,18H,12-15,17H2,1H3,(H,28,29,30,32). The molecule has 34 heavy (non-hydrogen) atoms. The van der Waals surface area contributed by atoms with Crippen LogP contribution in [0, 0.1) is 6.92 Å². The van der Waals surface area contributed by atoms with Gasteiger partial charge in [-0.2, -0.15) is 4.98 Å². The number of nitrogens with zero attached hydrogens (tertiary/aromatic N) is 3. The van der Waals surface area contributed by atoms with Crippen LogP contribution in [0.3, 0.4) is 0 Å². The number of amides is 1. The van der Waals surface area contributed by atoms with Crippen molar-refractivity contribution in [2.24, 2.45) is 0 Å². The minimum atomic E-state index is -0.155. The van der Waals surface area contributed by atoms with E-state index in [2.05, 4.69) is 15.2 Å². The highest BCUT2D eigenvalue weighted by Crippen LogP contribution is 2.31. The summed E-state index contributed by atoms with van der Waals surface area (Å²) in [5.41, 5.74) is 2.81. The molecule has 7 heteroatoms. The average molecular weight is 455 g/mol. The maximum Gasteiger partial charge on any atom is 0.231 e. The Morgan fingerprint density at radius 1 is 0.971 bits per heavy atom.